The Morgan fingerprint density at radius 3 is 2.89 bits per heavy atom. The molecule has 0 bridgehead atoms. The number of nitrogens with one attached hydrogen (secondary N) is 1. The van der Waals surface area contributed by atoms with E-state index < -0.39 is 0 Å². The molecule has 3 aromatic heterocycles. The lowest BCUT2D eigenvalue weighted by molar-refractivity contribution is 0.373. The lowest BCUT2D eigenvalue weighted by Gasteiger charge is -2.07. The molecule has 138 valence electrons. The summed E-state index contributed by atoms with van der Waals surface area (Å²) in [5, 5.41) is 6.67. The highest BCUT2D eigenvalue weighted by Crippen LogP contribution is 2.21. The highest BCUT2D eigenvalue weighted by molar-refractivity contribution is 7.71. The van der Waals surface area contributed by atoms with E-state index in [2.05, 4.69) is 15.1 Å². The van der Waals surface area contributed by atoms with Gasteiger partial charge in [-0.15, -0.1) is 11.3 Å². The third-order valence-corrected chi connectivity index (χ3v) is 5.56. The summed E-state index contributed by atoms with van der Waals surface area (Å²) >= 11 is 6.93. The Morgan fingerprint density at radius 2 is 2.04 bits per heavy atom. The summed E-state index contributed by atoms with van der Waals surface area (Å²) in [5.74, 6) is 1.30. The SMILES string of the molecule is O=c1c2ccccc2[nH]c(=S)n1CCCCCc1nc(-c2cccs2)no1. The van der Waals surface area contributed by atoms with Gasteiger partial charge in [-0.3, -0.25) is 9.36 Å². The predicted octanol–water partition coefficient (Wildman–Crippen LogP) is 4.58. The Hall–Kier alpha value is -2.58. The molecule has 0 radical (unpaired) electrons. The van der Waals surface area contributed by atoms with Crippen molar-refractivity contribution in [1.82, 2.24) is 19.7 Å². The number of rotatable bonds is 7. The van der Waals surface area contributed by atoms with Crippen LogP contribution in [0.15, 0.2) is 51.1 Å². The van der Waals surface area contributed by atoms with Crippen LogP contribution in [0.4, 0.5) is 0 Å². The molecular formula is C19H18N4O2S2. The number of hydrogen-bond acceptors (Lipinski definition) is 6. The van der Waals surface area contributed by atoms with Crippen molar-refractivity contribution in [2.24, 2.45) is 0 Å². The molecule has 0 aliphatic rings. The van der Waals surface area contributed by atoms with Crippen LogP contribution in [0, 0.1) is 4.77 Å². The first-order valence-electron chi connectivity index (χ1n) is 8.81. The number of aromatic amines is 1. The third kappa shape index (κ3) is 3.91. The minimum absolute atomic E-state index is 0.0353. The maximum Gasteiger partial charge on any atom is 0.262 e. The van der Waals surface area contributed by atoms with Crippen LogP contribution >= 0.6 is 23.6 Å². The predicted molar refractivity (Wildman–Crippen MR) is 109 cm³/mol. The van der Waals surface area contributed by atoms with E-state index in [0.717, 1.165) is 36.1 Å². The van der Waals surface area contributed by atoms with Crippen molar-refractivity contribution in [1.29, 1.82) is 0 Å². The van der Waals surface area contributed by atoms with Gasteiger partial charge in [0.2, 0.25) is 11.7 Å². The first kappa shape index (κ1) is 17.8. The maximum atomic E-state index is 12.6. The lowest BCUT2D eigenvalue weighted by Crippen LogP contribution is -2.22. The molecule has 0 spiro atoms. The van der Waals surface area contributed by atoms with E-state index in [4.69, 9.17) is 16.7 Å². The molecule has 0 atom stereocenters. The van der Waals surface area contributed by atoms with Gasteiger partial charge < -0.3 is 9.51 Å². The number of unbranched alkanes of at least 4 members (excludes halogenated alkanes) is 2. The summed E-state index contributed by atoms with van der Waals surface area (Å²) in [5.41, 5.74) is 0.744. The van der Waals surface area contributed by atoms with Crippen molar-refractivity contribution >= 4 is 34.5 Å². The van der Waals surface area contributed by atoms with Gasteiger partial charge in [0.1, 0.15) is 0 Å². The van der Waals surface area contributed by atoms with E-state index in [1.807, 2.05) is 41.8 Å². The molecule has 3 heterocycles. The first-order valence-corrected chi connectivity index (χ1v) is 10.1. The van der Waals surface area contributed by atoms with Crippen LogP contribution < -0.4 is 5.56 Å². The Kier molecular flexibility index (Phi) is 5.26. The smallest absolute Gasteiger partial charge is 0.262 e. The molecule has 27 heavy (non-hydrogen) atoms. The summed E-state index contributed by atoms with van der Waals surface area (Å²) < 4.78 is 7.42. The summed E-state index contributed by atoms with van der Waals surface area (Å²) in [6.07, 6.45) is 3.47. The topological polar surface area (TPSA) is 76.7 Å². The standard InChI is InChI=1S/C19H18N4O2S2/c24-18-13-7-3-4-8-14(13)20-19(26)23(18)11-5-1-2-10-16-21-17(22-25-16)15-9-6-12-27-15/h3-4,6-9,12H,1-2,5,10-11H2,(H,20,26). The molecule has 0 unspecified atom stereocenters. The second-order valence-corrected chi connectivity index (χ2v) is 7.57. The average Bonchev–Trinajstić information content (AvgIpc) is 3.35. The van der Waals surface area contributed by atoms with Crippen molar-refractivity contribution in [3.05, 3.63) is 62.8 Å². The Balaban J connectivity index is 1.33. The van der Waals surface area contributed by atoms with Gasteiger partial charge in [-0.05, 0) is 48.6 Å². The number of aromatic nitrogens is 4. The van der Waals surface area contributed by atoms with E-state index in [1.54, 1.807) is 15.9 Å². The van der Waals surface area contributed by atoms with Gasteiger partial charge in [-0.25, -0.2) is 0 Å². The number of thiophene rings is 1. The van der Waals surface area contributed by atoms with E-state index in [0.29, 0.717) is 28.4 Å². The number of fused-ring (bicyclic) bond motifs is 1. The van der Waals surface area contributed by atoms with Crippen molar-refractivity contribution in [2.45, 2.75) is 32.2 Å². The summed E-state index contributed by atoms with van der Waals surface area (Å²) in [6, 6.07) is 11.4. The van der Waals surface area contributed by atoms with Crippen molar-refractivity contribution < 1.29 is 4.52 Å². The zero-order valence-electron chi connectivity index (χ0n) is 14.6. The van der Waals surface area contributed by atoms with Crippen LogP contribution in [0.3, 0.4) is 0 Å². The van der Waals surface area contributed by atoms with E-state index in [-0.39, 0.29) is 5.56 Å². The molecule has 1 aromatic carbocycles. The van der Waals surface area contributed by atoms with E-state index in [1.165, 1.54) is 0 Å². The molecule has 0 saturated heterocycles. The molecule has 4 rings (SSSR count). The molecule has 6 nitrogen and oxygen atoms in total. The van der Waals surface area contributed by atoms with Crippen molar-refractivity contribution in [3.8, 4) is 10.7 Å². The summed E-state index contributed by atoms with van der Waals surface area (Å²) in [6.45, 7) is 0.600. The van der Waals surface area contributed by atoms with Gasteiger partial charge in [0.25, 0.3) is 5.56 Å². The van der Waals surface area contributed by atoms with Crippen molar-refractivity contribution in [3.63, 3.8) is 0 Å². The molecule has 4 aromatic rings. The van der Waals surface area contributed by atoms with Crippen LogP contribution in [0.25, 0.3) is 21.6 Å². The van der Waals surface area contributed by atoms with Crippen LogP contribution in [0.1, 0.15) is 25.2 Å². The Morgan fingerprint density at radius 1 is 1.15 bits per heavy atom. The molecule has 0 aliphatic carbocycles. The molecule has 8 heteroatoms. The number of benzene rings is 1. The monoisotopic (exact) mass is 398 g/mol. The normalized spacial score (nSPS) is 11.3. The van der Waals surface area contributed by atoms with Gasteiger partial charge in [0.15, 0.2) is 4.77 Å². The van der Waals surface area contributed by atoms with Crippen LogP contribution in [0.5, 0.6) is 0 Å². The third-order valence-electron chi connectivity index (χ3n) is 4.37. The molecule has 0 fully saturated rings. The minimum atomic E-state index is -0.0353. The fourth-order valence-electron chi connectivity index (χ4n) is 2.99. The lowest BCUT2D eigenvalue weighted by atomic mass is 10.2. The number of hydrogen-bond donors (Lipinski definition) is 1. The quantitative estimate of drug-likeness (QED) is 0.364. The number of para-hydroxylation sites is 1. The highest BCUT2D eigenvalue weighted by Gasteiger charge is 2.09. The van der Waals surface area contributed by atoms with Gasteiger partial charge in [0, 0.05) is 13.0 Å². The van der Waals surface area contributed by atoms with Gasteiger partial charge in [-0.1, -0.05) is 29.8 Å². The fraction of sp³-hybridized carbons (Fsp3) is 0.263. The number of H-pyrrole nitrogens is 1. The van der Waals surface area contributed by atoms with E-state index in [9.17, 15) is 4.79 Å². The van der Waals surface area contributed by atoms with Crippen LogP contribution in [0.2, 0.25) is 0 Å². The Labute approximate surface area is 164 Å². The minimum Gasteiger partial charge on any atom is -0.339 e. The average molecular weight is 399 g/mol. The largest absolute Gasteiger partial charge is 0.339 e. The second-order valence-electron chi connectivity index (χ2n) is 6.23. The molecular weight excluding hydrogens is 380 g/mol. The van der Waals surface area contributed by atoms with Gasteiger partial charge in [-0.2, -0.15) is 4.98 Å². The van der Waals surface area contributed by atoms with Crippen LogP contribution in [-0.2, 0) is 13.0 Å². The number of nitrogens with zero attached hydrogens (tertiary/aromatic N) is 3. The molecule has 1 N–H and O–H groups in total. The first-order chi connectivity index (χ1) is 13.2. The molecule has 0 saturated carbocycles. The van der Waals surface area contributed by atoms with E-state index >= 15 is 0 Å². The summed E-state index contributed by atoms with van der Waals surface area (Å²) in [4.78, 5) is 21.2. The fourth-order valence-corrected chi connectivity index (χ4v) is 3.92. The van der Waals surface area contributed by atoms with Crippen LogP contribution in [-0.4, -0.2) is 19.7 Å². The second kappa shape index (κ2) is 7.98. The summed E-state index contributed by atoms with van der Waals surface area (Å²) in [7, 11) is 0. The number of aryl methyl sites for hydroxylation is 1. The maximum absolute atomic E-state index is 12.6. The molecule has 0 aliphatic heterocycles. The zero-order chi connectivity index (χ0) is 18.6. The van der Waals surface area contributed by atoms with Crippen molar-refractivity contribution in [2.75, 3.05) is 0 Å². The van der Waals surface area contributed by atoms with Gasteiger partial charge in [0.05, 0.1) is 15.8 Å². The van der Waals surface area contributed by atoms with Gasteiger partial charge >= 0.3 is 0 Å². The molecule has 0 amide bonds. The highest BCUT2D eigenvalue weighted by atomic mass is 32.1. The zero-order valence-corrected chi connectivity index (χ0v) is 16.2. The Bertz CT molecular complexity index is 1160.